The Kier molecular flexibility index (Phi) is 5.08. The molecule has 0 saturated heterocycles. The van der Waals surface area contributed by atoms with E-state index in [-0.39, 0.29) is 11.8 Å². The van der Waals surface area contributed by atoms with Crippen molar-refractivity contribution in [2.24, 2.45) is 5.73 Å². The predicted octanol–water partition coefficient (Wildman–Crippen LogP) is 2.56. The highest BCUT2D eigenvalue weighted by Gasteiger charge is 2.07. The molecule has 0 unspecified atom stereocenters. The Morgan fingerprint density at radius 2 is 2.00 bits per heavy atom. The second-order valence-electron chi connectivity index (χ2n) is 4.07. The third-order valence-corrected chi connectivity index (χ3v) is 2.71. The van der Waals surface area contributed by atoms with Crippen LogP contribution in [0, 0.1) is 0 Å². The first-order valence-electron chi connectivity index (χ1n) is 6.27. The summed E-state index contributed by atoms with van der Waals surface area (Å²) >= 11 is 5.91. The quantitative estimate of drug-likeness (QED) is 0.829. The maximum atomic E-state index is 11.0. The molecular formula is C14H14ClN3O3. The largest absolute Gasteiger partial charge is 0.439 e. The molecule has 0 aliphatic rings. The number of benzene rings is 1. The number of rotatable bonds is 6. The van der Waals surface area contributed by atoms with Gasteiger partial charge in [0.2, 0.25) is 11.8 Å². The molecule has 1 aromatic heterocycles. The van der Waals surface area contributed by atoms with Crippen LogP contribution in [0.2, 0.25) is 5.15 Å². The van der Waals surface area contributed by atoms with Gasteiger partial charge >= 0.3 is 0 Å². The number of halogens is 1. The Labute approximate surface area is 126 Å². The lowest BCUT2D eigenvalue weighted by Gasteiger charge is -2.07. The number of amides is 1. The van der Waals surface area contributed by atoms with Crippen LogP contribution in [0.1, 0.15) is 23.1 Å². The molecule has 0 fully saturated rings. The van der Waals surface area contributed by atoms with E-state index < -0.39 is 5.91 Å². The Bertz CT molecular complexity index is 632. The van der Waals surface area contributed by atoms with Gasteiger partial charge in [0.05, 0.1) is 0 Å². The highest BCUT2D eigenvalue weighted by Crippen LogP contribution is 2.22. The van der Waals surface area contributed by atoms with Gasteiger partial charge in [-0.05, 0) is 31.2 Å². The van der Waals surface area contributed by atoms with Gasteiger partial charge in [0, 0.05) is 18.2 Å². The average Bonchev–Trinajstić information content (AvgIpc) is 2.45. The van der Waals surface area contributed by atoms with Gasteiger partial charge in [-0.2, -0.15) is 4.98 Å². The first-order chi connectivity index (χ1) is 10.1. The van der Waals surface area contributed by atoms with Crippen LogP contribution in [-0.4, -0.2) is 22.5 Å². The van der Waals surface area contributed by atoms with Crippen molar-refractivity contribution in [3.05, 3.63) is 46.9 Å². The van der Waals surface area contributed by atoms with Crippen molar-refractivity contribution in [2.45, 2.75) is 13.5 Å². The number of hydrogen-bond acceptors (Lipinski definition) is 5. The maximum Gasteiger partial charge on any atom is 0.248 e. The molecule has 1 heterocycles. The molecule has 2 aromatic rings. The summed E-state index contributed by atoms with van der Waals surface area (Å²) in [4.78, 5) is 19.2. The van der Waals surface area contributed by atoms with Crippen molar-refractivity contribution in [2.75, 3.05) is 6.61 Å². The van der Waals surface area contributed by atoms with Crippen molar-refractivity contribution in [1.29, 1.82) is 0 Å². The molecule has 0 spiro atoms. The Hall–Kier alpha value is -2.18. The second-order valence-corrected chi connectivity index (χ2v) is 4.46. The molecule has 1 amide bonds. The fraction of sp³-hybridized carbons (Fsp3) is 0.214. The van der Waals surface area contributed by atoms with E-state index in [1.54, 1.807) is 24.3 Å². The van der Waals surface area contributed by atoms with E-state index in [9.17, 15) is 4.79 Å². The lowest BCUT2D eigenvalue weighted by atomic mass is 10.2. The molecule has 2 N–H and O–H groups in total. The Morgan fingerprint density at radius 3 is 2.62 bits per heavy atom. The summed E-state index contributed by atoms with van der Waals surface area (Å²) < 4.78 is 10.8. The van der Waals surface area contributed by atoms with Gasteiger partial charge in [0.25, 0.3) is 0 Å². The molecule has 1 aromatic carbocycles. The number of carbonyl (C=O) groups excluding carboxylic acids is 1. The van der Waals surface area contributed by atoms with Gasteiger partial charge in [-0.15, -0.1) is 0 Å². The van der Waals surface area contributed by atoms with Gasteiger partial charge in [-0.3, -0.25) is 4.79 Å². The Balaban J connectivity index is 2.14. The average molecular weight is 308 g/mol. The summed E-state index contributed by atoms with van der Waals surface area (Å²) in [6.45, 7) is 2.69. The highest BCUT2D eigenvalue weighted by atomic mass is 35.5. The number of aromatic nitrogens is 2. The fourth-order valence-electron chi connectivity index (χ4n) is 1.56. The molecule has 0 radical (unpaired) electrons. The van der Waals surface area contributed by atoms with Crippen LogP contribution in [0.5, 0.6) is 11.6 Å². The molecular weight excluding hydrogens is 294 g/mol. The summed E-state index contributed by atoms with van der Waals surface area (Å²) in [5, 5.41) is 0.267. The van der Waals surface area contributed by atoms with Crippen molar-refractivity contribution in [3.63, 3.8) is 0 Å². The third kappa shape index (κ3) is 4.40. The van der Waals surface area contributed by atoms with Crippen molar-refractivity contribution in [1.82, 2.24) is 9.97 Å². The standard InChI is InChI=1S/C14H14ClN3O3/c1-2-20-8-12-17-11(15)7-13(18-12)21-10-5-3-9(4-6-10)14(16)19/h3-7H,2,8H2,1H3,(H2,16,19). The fourth-order valence-corrected chi connectivity index (χ4v) is 1.75. The normalized spacial score (nSPS) is 10.4. The second kappa shape index (κ2) is 7.01. The monoisotopic (exact) mass is 307 g/mol. The van der Waals surface area contributed by atoms with Crippen LogP contribution < -0.4 is 10.5 Å². The number of ether oxygens (including phenoxy) is 2. The molecule has 21 heavy (non-hydrogen) atoms. The molecule has 7 heteroatoms. The van der Waals surface area contributed by atoms with E-state index in [4.69, 9.17) is 26.8 Å². The van der Waals surface area contributed by atoms with Gasteiger partial charge in [0.15, 0.2) is 5.82 Å². The van der Waals surface area contributed by atoms with Gasteiger partial charge in [-0.1, -0.05) is 11.6 Å². The summed E-state index contributed by atoms with van der Waals surface area (Å²) in [6.07, 6.45) is 0. The molecule has 0 atom stereocenters. The summed E-state index contributed by atoms with van der Waals surface area (Å²) in [5.74, 6) is 0.757. The summed E-state index contributed by atoms with van der Waals surface area (Å²) in [5.41, 5.74) is 5.57. The number of hydrogen-bond donors (Lipinski definition) is 1. The predicted molar refractivity (Wildman–Crippen MR) is 77.4 cm³/mol. The molecule has 110 valence electrons. The minimum absolute atomic E-state index is 0.258. The van der Waals surface area contributed by atoms with E-state index in [0.29, 0.717) is 29.6 Å². The maximum absolute atomic E-state index is 11.0. The number of primary amides is 1. The lowest BCUT2D eigenvalue weighted by Crippen LogP contribution is -2.10. The van der Waals surface area contributed by atoms with Gasteiger partial charge in [0.1, 0.15) is 17.5 Å². The van der Waals surface area contributed by atoms with Crippen LogP contribution >= 0.6 is 11.6 Å². The van der Waals surface area contributed by atoms with Gasteiger partial charge < -0.3 is 15.2 Å². The molecule has 0 aliphatic heterocycles. The van der Waals surface area contributed by atoms with Crippen LogP contribution in [0.4, 0.5) is 0 Å². The van der Waals surface area contributed by atoms with Crippen molar-refractivity contribution < 1.29 is 14.3 Å². The molecule has 2 rings (SSSR count). The minimum Gasteiger partial charge on any atom is -0.439 e. The highest BCUT2D eigenvalue weighted by molar-refractivity contribution is 6.29. The van der Waals surface area contributed by atoms with Crippen molar-refractivity contribution in [3.8, 4) is 11.6 Å². The van der Waals surface area contributed by atoms with Crippen LogP contribution in [0.3, 0.4) is 0 Å². The number of nitrogens with zero attached hydrogens (tertiary/aromatic N) is 2. The molecule has 0 aliphatic carbocycles. The van der Waals surface area contributed by atoms with E-state index in [0.717, 1.165) is 0 Å². The van der Waals surface area contributed by atoms with Crippen LogP contribution in [0.25, 0.3) is 0 Å². The SMILES string of the molecule is CCOCc1nc(Cl)cc(Oc2ccc(C(N)=O)cc2)n1. The number of nitrogens with two attached hydrogens (primary N) is 1. The van der Waals surface area contributed by atoms with E-state index >= 15 is 0 Å². The Morgan fingerprint density at radius 1 is 1.29 bits per heavy atom. The lowest BCUT2D eigenvalue weighted by molar-refractivity contribution is 0.100. The van der Waals surface area contributed by atoms with E-state index in [1.807, 2.05) is 6.92 Å². The molecule has 0 bridgehead atoms. The first-order valence-corrected chi connectivity index (χ1v) is 6.65. The zero-order valence-electron chi connectivity index (χ0n) is 11.4. The molecule has 0 saturated carbocycles. The smallest absolute Gasteiger partial charge is 0.248 e. The van der Waals surface area contributed by atoms with E-state index in [1.165, 1.54) is 6.07 Å². The van der Waals surface area contributed by atoms with Crippen molar-refractivity contribution >= 4 is 17.5 Å². The minimum atomic E-state index is -0.495. The summed E-state index contributed by atoms with van der Waals surface area (Å²) in [6, 6.07) is 7.89. The zero-order chi connectivity index (χ0) is 15.2. The van der Waals surface area contributed by atoms with E-state index in [2.05, 4.69) is 9.97 Å². The molecule has 6 nitrogen and oxygen atoms in total. The third-order valence-electron chi connectivity index (χ3n) is 2.51. The van der Waals surface area contributed by atoms with Crippen LogP contribution in [-0.2, 0) is 11.3 Å². The number of carbonyl (C=O) groups is 1. The zero-order valence-corrected chi connectivity index (χ0v) is 12.1. The first kappa shape index (κ1) is 15.2. The van der Waals surface area contributed by atoms with Crippen LogP contribution in [0.15, 0.2) is 30.3 Å². The van der Waals surface area contributed by atoms with Gasteiger partial charge in [-0.25, -0.2) is 4.98 Å². The topological polar surface area (TPSA) is 87.3 Å². The summed E-state index contributed by atoms with van der Waals surface area (Å²) in [7, 11) is 0.